The van der Waals surface area contributed by atoms with Crippen molar-refractivity contribution in [2.45, 2.75) is 40.5 Å². The summed E-state index contributed by atoms with van der Waals surface area (Å²) in [6, 6.07) is 6.06. The van der Waals surface area contributed by atoms with Crippen molar-refractivity contribution in [2.75, 3.05) is 44.2 Å². The number of likely N-dealkylation sites (N-methyl/N-ethyl adjacent to an activating group) is 1. The van der Waals surface area contributed by atoms with Gasteiger partial charge in [-0.1, -0.05) is 39.0 Å². The summed E-state index contributed by atoms with van der Waals surface area (Å²) in [4.78, 5) is 31.0. The highest BCUT2D eigenvalue weighted by molar-refractivity contribution is 5.98. The van der Waals surface area contributed by atoms with Crippen LogP contribution in [0.5, 0.6) is 0 Å². The van der Waals surface area contributed by atoms with Gasteiger partial charge in [0.2, 0.25) is 11.8 Å². The Bertz CT molecular complexity index is 619. The SMILES string of the molecule is CCN1CCN(C(=O)CN(C(C)=O)c2c(C)cccc2C(C)C)CC1. The summed E-state index contributed by atoms with van der Waals surface area (Å²) in [7, 11) is 0. The number of anilines is 1. The first-order valence-corrected chi connectivity index (χ1v) is 9.22. The molecule has 1 fully saturated rings. The van der Waals surface area contributed by atoms with Crippen LogP contribution in [0, 0.1) is 6.92 Å². The highest BCUT2D eigenvalue weighted by atomic mass is 16.2. The number of rotatable bonds is 5. The molecule has 1 aromatic rings. The first-order chi connectivity index (χ1) is 11.8. The van der Waals surface area contributed by atoms with Gasteiger partial charge in [-0.05, 0) is 30.5 Å². The number of para-hydroxylation sites is 1. The number of benzene rings is 1. The van der Waals surface area contributed by atoms with E-state index in [2.05, 4.69) is 25.7 Å². The van der Waals surface area contributed by atoms with Crippen molar-refractivity contribution in [3.05, 3.63) is 29.3 Å². The minimum atomic E-state index is -0.0863. The molecular formula is C20H31N3O2. The summed E-state index contributed by atoms with van der Waals surface area (Å²) >= 11 is 0. The van der Waals surface area contributed by atoms with Crippen LogP contribution in [-0.4, -0.2) is 60.9 Å². The fraction of sp³-hybridized carbons (Fsp3) is 0.600. The van der Waals surface area contributed by atoms with Gasteiger partial charge in [0.15, 0.2) is 0 Å². The predicted octanol–water partition coefficient (Wildman–Crippen LogP) is 2.64. The second-order valence-electron chi connectivity index (χ2n) is 7.09. The smallest absolute Gasteiger partial charge is 0.242 e. The summed E-state index contributed by atoms with van der Waals surface area (Å²) in [6.45, 7) is 14.3. The molecule has 0 saturated carbocycles. The second-order valence-corrected chi connectivity index (χ2v) is 7.09. The highest BCUT2D eigenvalue weighted by Gasteiger charge is 2.26. The van der Waals surface area contributed by atoms with Crippen LogP contribution >= 0.6 is 0 Å². The Morgan fingerprint density at radius 2 is 1.80 bits per heavy atom. The average Bonchev–Trinajstić information content (AvgIpc) is 2.59. The number of hydrogen-bond acceptors (Lipinski definition) is 3. The quantitative estimate of drug-likeness (QED) is 0.824. The zero-order chi connectivity index (χ0) is 18.6. The lowest BCUT2D eigenvalue weighted by Gasteiger charge is -2.35. The van der Waals surface area contributed by atoms with E-state index in [0.29, 0.717) is 5.92 Å². The van der Waals surface area contributed by atoms with Gasteiger partial charge in [-0.15, -0.1) is 0 Å². The van der Waals surface area contributed by atoms with Gasteiger partial charge < -0.3 is 14.7 Å². The molecule has 1 saturated heterocycles. The van der Waals surface area contributed by atoms with Crippen molar-refractivity contribution in [3.63, 3.8) is 0 Å². The van der Waals surface area contributed by atoms with E-state index in [-0.39, 0.29) is 18.4 Å². The largest absolute Gasteiger partial charge is 0.339 e. The maximum absolute atomic E-state index is 12.8. The maximum Gasteiger partial charge on any atom is 0.242 e. The fourth-order valence-electron chi connectivity index (χ4n) is 3.41. The van der Waals surface area contributed by atoms with Gasteiger partial charge in [-0.2, -0.15) is 0 Å². The van der Waals surface area contributed by atoms with E-state index in [1.807, 2.05) is 30.0 Å². The minimum Gasteiger partial charge on any atom is -0.339 e. The number of carbonyl (C=O) groups is 2. The van der Waals surface area contributed by atoms with Gasteiger partial charge in [-0.3, -0.25) is 9.59 Å². The molecule has 0 atom stereocenters. The third-order valence-electron chi connectivity index (χ3n) is 5.01. The van der Waals surface area contributed by atoms with E-state index >= 15 is 0 Å². The van der Waals surface area contributed by atoms with E-state index < -0.39 is 0 Å². The first-order valence-electron chi connectivity index (χ1n) is 9.22. The van der Waals surface area contributed by atoms with Gasteiger partial charge >= 0.3 is 0 Å². The molecule has 2 amide bonds. The lowest BCUT2D eigenvalue weighted by atomic mass is 9.97. The Kier molecular flexibility index (Phi) is 6.59. The van der Waals surface area contributed by atoms with Crippen molar-refractivity contribution < 1.29 is 9.59 Å². The molecule has 1 aliphatic rings. The van der Waals surface area contributed by atoms with Crippen LogP contribution in [0.3, 0.4) is 0 Å². The van der Waals surface area contributed by atoms with E-state index in [4.69, 9.17) is 0 Å². The van der Waals surface area contributed by atoms with Gasteiger partial charge in [0.05, 0.1) is 5.69 Å². The van der Waals surface area contributed by atoms with Gasteiger partial charge in [-0.25, -0.2) is 0 Å². The Labute approximate surface area is 151 Å². The van der Waals surface area contributed by atoms with Crippen molar-refractivity contribution in [1.29, 1.82) is 0 Å². The number of amides is 2. The predicted molar refractivity (Wildman–Crippen MR) is 102 cm³/mol. The van der Waals surface area contributed by atoms with E-state index in [9.17, 15) is 9.59 Å². The van der Waals surface area contributed by atoms with Crippen LogP contribution in [0.4, 0.5) is 5.69 Å². The minimum absolute atomic E-state index is 0.0314. The van der Waals surface area contributed by atoms with Crippen LogP contribution < -0.4 is 4.90 Å². The molecule has 25 heavy (non-hydrogen) atoms. The topological polar surface area (TPSA) is 43.9 Å². The second kappa shape index (κ2) is 8.48. The molecule has 1 heterocycles. The first kappa shape index (κ1) is 19.4. The van der Waals surface area contributed by atoms with Crippen LogP contribution in [0.1, 0.15) is 44.7 Å². The monoisotopic (exact) mass is 345 g/mol. The molecule has 1 aromatic carbocycles. The molecule has 0 aliphatic carbocycles. The highest BCUT2D eigenvalue weighted by Crippen LogP contribution is 2.31. The van der Waals surface area contributed by atoms with Gasteiger partial charge in [0.1, 0.15) is 6.54 Å². The Balaban J connectivity index is 2.20. The molecule has 0 bridgehead atoms. The van der Waals surface area contributed by atoms with E-state index in [1.54, 1.807) is 11.8 Å². The van der Waals surface area contributed by atoms with Gasteiger partial charge in [0.25, 0.3) is 0 Å². The molecule has 5 nitrogen and oxygen atoms in total. The molecule has 0 spiro atoms. The summed E-state index contributed by atoms with van der Waals surface area (Å²) in [5, 5.41) is 0. The zero-order valence-corrected chi connectivity index (χ0v) is 16.2. The number of aryl methyl sites for hydroxylation is 1. The Morgan fingerprint density at radius 3 is 2.32 bits per heavy atom. The maximum atomic E-state index is 12.8. The number of piperazine rings is 1. The zero-order valence-electron chi connectivity index (χ0n) is 16.2. The number of carbonyl (C=O) groups excluding carboxylic acids is 2. The number of hydrogen-bond donors (Lipinski definition) is 0. The lowest BCUT2D eigenvalue weighted by molar-refractivity contribution is -0.132. The van der Waals surface area contributed by atoms with Crippen molar-refractivity contribution >= 4 is 17.5 Å². The molecule has 0 unspecified atom stereocenters. The summed E-state index contributed by atoms with van der Waals surface area (Å²) in [5.74, 6) is 0.237. The summed E-state index contributed by atoms with van der Waals surface area (Å²) in [5.41, 5.74) is 3.04. The van der Waals surface area contributed by atoms with Crippen molar-refractivity contribution in [3.8, 4) is 0 Å². The normalized spacial score (nSPS) is 15.5. The van der Waals surface area contributed by atoms with Crippen molar-refractivity contribution in [2.24, 2.45) is 0 Å². The third kappa shape index (κ3) is 4.60. The van der Waals surface area contributed by atoms with E-state index in [0.717, 1.165) is 49.5 Å². The molecular weight excluding hydrogens is 314 g/mol. The molecule has 138 valence electrons. The van der Waals surface area contributed by atoms with Gasteiger partial charge in [0, 0.05) is 33.1 Å². The molecule has 2 rings (SSSR count). The average molecular weight is 345 g/mol. The van der Waals surface area contributed by atoms with Crippen molar-refractivity contribution in [1.82, 2.24) is 9.80 Å². The molecule has 0 N–H and O–H groups in total. The van der Waals surface area contributed by atoms with Crippen LogP contribution in [0.15, 0.2) is 18.2 Å². The van der Waals surface area contributed by atoms with Crippen LogP contribution in [0.2, 0.25) is 0 Å². The number of nitrogens with zero attached hydrogens (tertiary/aromatic N) is 3. The molecule has 1 aliphatic heterocycles. The fourth-order valence-corrected chi connectivity index (χ4v) is 3.41. The molecule has 0 aromatic heterocycles. The van der Waals surface area contributed by atoms with Crippen LogP contribution in [-0.2, 0) is 9.59 Å². The molecule has 0 radical (unpaired) electrons. The Morgan fingerprint density at radius 1 is 1.16 bits per heavy atom. The Hall–Kier alpha value is -1.88. The summed E-state index contributed by atoms with van der Waals surface area (Å²) in [6.07, 6.45) is 0. The lowest BCUT2D eigenvalue weighted by Crippen LogP contribution is -2.51. The van der Waals surface area contributed by atoms with Crippen LogP contribution in [0.25, 0.3) is 0 Å². The third-order valence-corrected chi connectivity index (χ3v) is 5.01. The molecule has 5 heteroatoms. The van der Waals surface area contributed by atoms with E-state index in [1.165, 1.54) is 0 Å². The summed E-state index contributed by atoms with van der Waals surface area (Å²) < 4.78 is 0. The standard InChI is InChI=1S/C20H31N3O2/c1-6-21-10-12-22(13-11-21)19(25)14-23(17(5)24)20-16(4)8-7-9-18(20)15(2)3/h7-9,15H,6,10-14H2,1-5H3.